The molecular weight excluding hydrogens is 360 g/mol. The van der Waals surface area contributed by atoms with Gasteiger partial charge in [0.25, 0.3) is 5.91 Å². The van der Waals surface area contributed by atoms with Gasteiger partial charge in [-0.15, -0.1) is 0 Å². The highest BCUT2D eigenvalue weighted by molar-refractivity contribution is 9.10. The third-order valence-electron chi connectivity index (χ3n) is 3.38. The second-order valence-corrected chi connectivity index (χ2v) is 7.28. The number of nitrogens with zero attached hydrogens (tertiary/aromatic N) is 1. The number of rotatable bonds is 3. The Morgan fingerprint density at radius 3 is 2.73 bits per heavy atom. The van der Waals surface area contributed by atoms with Crippen LogP contribution in [0.1, 0.15) is 35.7 Å². The zero-order valence-corrected chi connectivity index (χ0v) is 14.7. The average molecular weight is 375 g/mol. The van der Waals surface area contributed by atoms with Crippen LogP contribution in [0.2, 0.25) is 0 Å². The lowest BCUT2D eigenvalue weighted by Gasteiger charge is -2.04. The first-order valence-corrected chi connectivity index (χ1v) is 8.62. The molecule has 22 heavy (non-hydrogen) atoms. The number of para-hydroxylation sites is 1. The Bertz CT molecular complexity index is 842. The number of nitrogens with one attached hydrogen (secondary N) is 1. The number of amides is 1. The van der Waals surface area contributed by atoms with Crippen molar-refractivity contribution in [2.45, 2.75) is 19.8 Å². The van der Waals surface area contributed by atoms with E-state index in [0.29, 0.717) is 16.6 Å². The number of carbonyl (C=O) groups excluding carboxylic acids is 1. The predicted molar refractivity (Wildman–Crippen MR) is 95.8 cm³/mol. The quantitative estimate of drug-likeness (QED) is 0.663. The molecule has 0 bridgehead atoms. The van der Waals surface area contributed by atoms with Gasteiger partial charge < -0.3 is 0 Å². The standard InChI is InChI=1S/C17H15BrN2OS/c1-10(2)13-7-4-8-14-15(13)19-17(22-14)20-16(21)11-5-3-6-12(18)9-11/h3-10H,1-2H3,(H,19,20,21). The largest absolute Gasteiger partial charge is 0.298 e. The van der Waals surface area contributed by atoms with Crippen molar-refractivity contribution in [2.75, 3.05) is 5.32 Å². The Morgan fingerprint density at radius 2 is 2.00 bits per heavy atom. The van der Waals surface area contributed by atoms with Crippen molar-refractivity contribution in [2.24, 2.45) is 0 Å². The molecule has 112 valence electrons. The highest BCUT2D eigenvalue weighted by atomic mass is 79.9. The maximum absolute atomic E-state index is 12.3. The monoisotopic (exact) mass is 374 g/mol. The van der Waals surface area contributed by atoms with Crippen LogP contribution in [0.5, 0.6) is 0 Å². The Kier molecular flexibility index (Phi) is 4.27. The van der Waals surface area contributed by atoms with Crippen LogP contribution < -0.4 is 5.32 Å². The van der Waals surface area contributed by atoms with E-state index in [0.717, 1.165) is 14.7 Å². The highest BCUT2D eigenvalue weighted by Crippen LogP contribution is 2.31. The van der Waals surface area contributed by atoms with Crippen molar-refractivity contribution in [3.05, 3.63) is 58.1 Å². The number of anilines is 1. The van der Waals surface area contributed by atoms with E-state index >= 15 is 0 Å². The van der Waals surface area contributed by atoms with Gasteiger partial charge in [0.15, 0.2) is 5.13 Å². The van der Waals surface area contributed by atoms with Gasteiger partial charge >= 0.3 is 0 Å². The number of fused-ring (bicyclic) bond motifs is 1. The number of hydrogen-bond acceptors (Lipinski definition) is 3. The van der Waals surface area contributed by atoms with E-state index in [-0.39, 0.29) is 5.91 Å². The van der Waals surface area contributed by atoms with Crippen LogP contribution in [0, 0.1) is 0 Å². The summed E-state index contributed by atoms with van der Waals surface area (Å²) in [6.45, 7) is 4.29. The Hall–Kier alpha value is -1.72. The second kappa shape index (κ2) is 6.18. The van der Waals surface area contributed by atoms with E-state index in [4.69, 9.17) is 0 Å². The van der Waals surface area contributed by atoms with E-state index in [1.807, 2.05) is 24.3 Å². The number of carbonyl (C=O) groups is 1. The fraction of sp³-hybridized carbons (Fsp3) is 0.176. The smallest absolute Gasteiger partial charge is 0.257 e. The molecule has 0 saturated heterocycles. The van der Waals surface area contributed by atoms with E-state index in [9.17, 15) is 4.79 Å². The molecule has 5 heteroatoms. The summed E-state index contributed by atoms with van der Waals surface area (Å²) < 4.78 is 1.97. The van der Waals surface area contributed by atoms with E-state index < -0.39 is 0 Å². The van der Waals surface area contributed by atoms with Crippen LogP contribution in [0.3, 0.4) is 0 Å². The molecule has 0 saturated carbocycles. The topological polar surface area (TPSA) is 42.0 Å². The van der Waals surface area contributed by atoms with Crippen molar-refractivity contribution in [1.82, 2.24) is 4.98 Å². The molecule has 1 heterocycles. The molecule has 0 radical (unpaired) electrons. The minimum atomic E-state index is -0.147. The number of benzene rings is 2. The molecule has 0 aliphatic heterocycles. The second-order valence-electron chi connectivity index (χ2n) is 5.33. The molecule has 0 aliphatic carbocycles. The summed E-state index contributed by atoms with van der Waals surface area (Å²) in [6, 6.07) is 13.5. The summed E-state index contributed by atoms with van der Waals surface area (Å²) in [5.41, 5.74) is 2.79. The Balaban J connectivity index is 1.91. The molecule has 3 nitrogen and oxygen atoms in total. The predicted octanol–water partition coefficient (Wildman–Crippen LogP) is 5.43. The molecule has 1 aromatic heterocycles. The summed E-state index contributed by atoms with van der Waals surface area (Å²) in [5.74, 6) is 0.255. The molecule has 0 spiro atoms. The fourth-order valence-electron chi connectivity index (χ4n) is 2.29. The summed E-state index contributed by atoms with van der Waals surface area (Å²) in [5, 5.41) is 3.52. The SMILES string of the molecule is CC(C)c1cccc2sc(NC(=O)c3cccc(Br)c3)nc12. The first-order valence-electron chi connectivity index (χ1n) is 7.01. The minimum Gasteiger partial charge on any atom is -0.298 e. The van der Waals surface area contributed by atoms with Gasteiger partial charge in [-0.05, 0) is 35.7 Å². The average Bonchev–Trinajstić information content (AvgIpc) is 2.89. The van der Waals surface area contributed by atoms with Crippen LogP contribution in [-0.2, 0) is 0 Å². The van der Waals surface area contributed by atoms with Crippen molar-refractivity contribution in [3.8, 4) is 0 Å². The van der Waals surface area contributed by atoms with E-state index in [1.165, 1.54) is 16.9 Å². The van der Waals surface area contributed by atoms with E-state index in [1.54, 1.807) is 12.1 Å². The summed E-state index contributed by atoms with van der Waals surface area (Å²) >= 11 is 4.88. The molecule has 0 unspecified atom stereocenters. The van der Waals surface area contributed by atoms with Crippen LogP contribution in [0.15, 0.2) is 46.9 Å². The Morgan fingerprint density at radius 1 is 1.23 bits per heavy atom. The van der Waals surface area contributed by atoms with Gasteiger partial charge in [-0.3, -0.25) is 10.1 Å². The first-order chi connectivity index (χ1) is 10.5. The number of thiazole rings is 1. The normalized spacial score (nSPS) is 11.1. The fourth-order valence-corrected chi connectivity index (χ4v) is 3.58. The molecule has 0 atom stereocenters. The van der Waals surface area contributed by atoms with Crippen LogP contribution in [0.4, 0.5) is 5.13 Å². The lowest BCUT2D eigenvalue weighted by atomic mass is 10.0. The summed E-state index contributed by atoms with van der Waals surface area (Å²) in [6.07, 6.45) is 0. The molecule has 0 fully saturated rings. The zero-order valence-electron chi connectivity index (χ0n) is 12.3. The van der Waals surface area contributed by atoms with E-state index in [2.05, 4.69) is 46.1 Å². The third-order valence-corrected chi connectivity index (χ3v) is 4.81. The maximum atomic E-state index is 12.3. The van der Waals surface area contributed by atoms with Gasteiger partial charge in [0.2, 0.25) is 0 Å². The van der Waals surface area contributed by atoms with Crippen molar-refractivity contribution < 1.29 is 4.79 Å². The third kappa shape index (κ3) is 3.05. The summed E-state index contributed by atoms with van der Waals surface area (Å²) in [7, 11) is 0. The van der Waals surface area contributed by atoms with Crippen LogP contribution in [-0.4, -0.2) is 10.9 Å². The number of hydrogen-bond donors (Lipinski definition) is 1. The van der Waals surface area contributed by atoms with Crippen molar-refractivity contribution >= 4 is 48.5 Å². The number of halogens is 1. The minimum absolute atomic E-state index is 0.147. The molecule has 1 amide bonds. The van der Waals surface area contributed by atoms with Gasteiger partial charge in [-0.2, -0.15) is 0 Å². The van der Waals surface area contributed by atoms with Crippen molar-refractivity contribution in [3.63, 3.8) is 0 Å². The Labute approximate surface area is 141 Å². The highest BCUT2D eigenvalue weighted by Gasteiger charge is 2.13. The van der Waals surface area contributed by atoms with Gasteiger partial charge in [-0.1, -0.05) is 59.3 Å². The molecule has 3 rings (SSSR count). The van der Waals surface area contributed by atoms with Gasteiger partial charge in [-0.25, -0.2) is 4.98 Å². The molecule has 2 aromatic carbocycles. The van der Waals surface area contributed by atoms with Crippen LogP contribution >= 0.6 is 27.3 Å². The van der Waals surface area contributed by atoms with Gasteiger partial charge in [0, 0.05) is 10.0 Å². The maximum Gasteiger partial charge on any atom is 0.257 e. The summed E-state index contributed by atoms with van der Waals surface area (Å²) in [4.78, 5) is 16.9. The zero-order chi connectivity index (χ0) is 15.7. The molecule has 1 N–H and O–H groups in total. The van der Waals surface area contributed by atoms with Crippen LogP contribution in [0.25, 0.3) is 10.2 Å². The molecular formula is C17H15BrN2OS. The van der Waals surface area contributed by atoms with Gasteiger partial charge in [0.1, 0.15) is 0 Å². The van der Waals surface area contributed by atoms with Gasteiger partial charge in [0.05, 0.1) is 10.2 Å². The molecule has 3 aromatic rings. The number of aromatic nitrogens is 1. The molecule has 0 aliphatic rings. The lowest BCUT2D eigenvalue weighted by Crippen LogP contribution is -2.11. The lowest BCUT2D eigenvalue weighted by molar-refractivity contribution is 0.102. The first kappa shape index (κ1) is 15.2. The van der Waals surface area contributed by atoms with Crippen molar-refractivity contribution in [1.29, 1.82) is 0 Å².